The third-order valence-corrected chi connectivity index (χ3v) is 7.43. The highest BCUT2D eigenvalue weighted by atomic mass is 16.5. The molecule has 0 aliphatic carbocycles. The Bertz CT molecular complexity index is 1610. The van der Waals surface area contributed by atoms with E-state index in [4.69, 9.17) is 14.2 Å². The molecule has 1 fully saturated rings. The average molecular weight is 564 g/mol. The predicted octanol–water partition coefficient (Wildman–Crippen LogP) is 6.26. The molecule has 4 aromatic rings. The first kappa shape index (κ1) is 28.5. The number of hydrogen-bond acceptors (Lipinski definition) is 6. The molecule has 1 saturated heterocycles. The third kappa shape index (κ3) is 5.86. The van der Waals surface area contributed by atoms with Crippen molar-refractivity contribution in [1.29, 1.82) is 0 Å². The van der Waals surface area contributed by atoms with Gasteiger partial charge < -0.3 is 24.2 Å². The van der Waals surface area contributed by atoms with Crippen molar-refractivity contribution in [3.05, 3.63) is 130 Å². The highest BCUT2D eigenvalue weighted by molar-refractivity contribution is 6.46. The SMILES string of the molecule is COc1ccc(CCN2C(=O)C(=O)/C(=C(\O)c3ccc(OCc4ccccc4)c(C)c3)C2c2ccccc2)cc1OC. The van der Waals surface area contributed by atoms with Crippen LogP contribution in [-0.4, -0.2) is 42.5 Å². The molecule has 42 heavy (non-hydrogen) atoms. The van der Waals surface area contributed by atoms with Crippen LogP contribution in [0.4, 0.5) is 0 Å². The topological polar surface area (TPSA) is 85.3 Å². The van der Waals surface area contributed by atoms with E-state index in [1.165, 1.54) is 4.90 Å². The maximum atomic E-state index is 13.5. The van der Waals surface area contributed by atoms with E-state index in [0.717, 1.165) is 22.3 Å². The van der Waals surface area contributed by atoms with E-state index in [-0.39, 0.29) is 17.9 Å². The van der Waals surface area contributed by atoms with Crippen molar-refractivity contribution in [3.8, 4) is 17.2 Å². The molecule has 1 atom stereocenters. The second kappa shape index (κ2) is 12.6. The van der Waals surface area contributed by atoms with E-state index in [1.807, 2.05) is 85.8 Å². The Labute approximate surface area is 245 Å². The standard InChI is InChI=1S/C35H33NO6/c1-23-20-27(15-17-28(23)42-22-25-10-6-4-7-11-25)33(37)31-32(26-12-8-5-9-13-26)36(35(39)34(31)38)19-18-24-14-16-29(40-2)30(21-24)41-3/h4-17,20-21,32,37H,18-19,22H2,1-3H3/b33-31-. The van der Waals surface area contributed by atoms with Gasteiger partial charge >= 0.3 is 0 Å². The first-order valence-electron chi connectivity index (χ1n) is 13.7. The van der Waals surface area contributed by atoms with E-state index in [2.05, 4.69) is 0 Å². The van der Waals surface area contributed by atoms with Crippen LogP contribution in [0.25, 0.3) is 5.76 Å². The van der Waals surface area contributed by atoms with Crippen LogP contribution in [0.3, 0.4) is 0 Å². The lowest BCUT2D eigenvalue weighted by Crippen LogP contribution is -2.31. The smallest absolute Gasteiger partial charge is 0.295 e. The van der Waals surface area contributed by atoms with Crippen molar-refractivity contribution in [2.24, 2.45) is 0 Å². The second-order valence-corrected chi connectivity index (χ2v) is 10.1. The van der Waals surface area contributed by atoms with Crippen molar-refractivity contribution >= 4 is 17.4 Å². The van der Waals surface area contributed by atoms with E-state index >= 15 is 0 Å². The van der Waals surface area contributed by atoms with Crippen LogP contribution in [0, 0.1) is 6.92 Å². The van der Waals surface area contributed by atoms with Crippen molar-refractivity contribution in [2.45, 2.75) is 26.0 Å². The number of aliphatic hydroxyl groups is 1. The largest absolute Gasteiger partial charge is 0.507 e. The highest BCUT2D eigenvalue weighted by Gasteiger charge is 2.45. The number of ketones is 1. The number of likely N-dealkylation sites (tertiary alicyclic amines) is 1. The predicted molar refractivity (Wildman–Crippen MR) is 161 cm³/mol. The second-order valence-electron chi connectivity index (χ2n) is 10.1. The molecule has 0 saturated carbocycles. The summed E-state index contributed by atoms with van der Waals surface area (Å²) in [6.07, 6.45) is 0.476. The van der Waals surface area contributed by atoms with Crippen molar-refractivity contribution in [3.63, 3.8) is 0 Å². The normalized spacial score (nSPS) is 16.0. The fourth-order valence-corrected chi connectivity index (χ4v) is 5.23. The summed E-state index contributed by atoms with van der Waals surface area (Å²) in [4.78, 5) is 28.4. The zero-order chi connectivity index (χ0) is 29.6. The number of nitrogens with zero attached hydrogens (tertiary/aromatic N) is 1. The third-order valence-electron chi connectivity index (χ3n) is 7.43. The Morgan fingerprint density at radius 1 is 0.786 bits per heavy atom. The van der Waals surface area contributed by atoms with Gasteiger partial charge in [-0.1, -0.05) is 66.7 Å². The molecule has 0 radical (unpaired) electrons. The number of carbonyl (C=O) groups excluding carboxylic acids is 2. The zero-order valence-corrected chi connectivity index (χ0v) is 23.9. The number of carbonyl (C=O) groups is 2. The number of methoxy groups -OCH3 is 2. The Morgan fingerprint density at radius 2 is 1.45 bits per heavy atom. The van der Waals surface area contributed by atoms with Crippen LogP contribution in [0.5, 0.6) is 17.2 Å². The Balaban J connectivity index is 1.45. The molecule has 1 unspecified atom stereocenters. The number of aliphatic hydroxyl groups excluding tert-OH is 1. The van der Waals surface area contributed by atoms with Crippen LogP contribution in [0.2, 0.25) is 0 Å². The molecule has 214 valence electrons. The summed E-state index contributed by atoms with van der Waals surface area (Å²) in [7, 11) is 3.14. The lowest BCUT2D eigenvalue weighted by molar-refractivity contribution is -0.139. The molecule has 0 spiro atoms. The van der Waals surface area contributed by atoms with Gasteiger partial charge in [0, 0.05) is 12.1 Å². The van der Waals surface area contributed by atoms with E-state index in [1.54, 1.807) is 32.4 Å². The van der Waals surface area contributed by atoms with Gasteiger partial charge in [0.2, 0.25) is 0 Å². The van der Waals surface area contributed by atoms with E-state index < -0.39 is 17.7 Å². The molecule has 5 rings (SSSR count). The Morgan fingerprint density at radius 3 is 2.12 bits per heavy atom. The first-order valence-corrected chi connectivity index (χ1v) is 13.7. The lowest BCUT2D eigenvalue weighted by atomic mass is 9.94. The van der Waals surface area contributed by atoms with Gasteiger partial charge in [-0.15, -0.1) is 0 Å². The minimum Gasteiger partial charge on any atom is -0.507 e. The van der Waals surface area contributed by atoms with Gasteiger partial charge in [-0.2, -0.15) is 0 Å². The van der Waals surface area contributed by atoms with Crippen molar-refractivity contribution in [1.82, 2.24) is 4.90 Å². The summed E-state index contributed by atoms with van der Waals surface area (Å²) in [5.41, 5.74) is 4.01. The minimum absolute atomic E-state index is 0.0656. The molecule has 7 heteroatoms. The molecular weight excluding hydrogens is 530 g/mol. The number of benzene rings is 4. The summed E-state index contributed by atoms with van der Waals surface area (Å²) < 4.78 is 16.7. The van der Waals surface area contributed by atoms with Crippen LogP contribution < -0.4 is 14.2 Å². The number of Topliss-reactive ketones (excluding diaryl/α,β-unsaturated/α-hetero) is 1. The fourth-order valence-electron chi connectivity index (χ4n) is 5.23. The van der Waals surface area contributed by atoms with Crippen molar-refractivity contribution < 1.29 is 28.9 Å². The molecular formula is C35H33NO6. The highest BCUT2D eigenvalue weighted by Crippen LogP contribution is 2.40. The Kier molecular flexibility index (Phi) is 8.58. The van der Waals surface area contributed by atoms with Gasteiger partial charge in [-0.25, -0.2) is 0 Å². The average Bonchev–Trinajstić information content (AvgIpc) is 3.28. The maximum absolute atomic E-state index is 13.5. The van der Waals surface area contributed by atoms with Gasteiger partial charge in [0.05, 0.1) is 25.8 Å². The molecule has 1 aliphatic heterocycles. The summed E-state index contributed by atoms with van der Waals surface area (Å²) >= 11 is 0. The maximum Gasteiger partial charge on any atom is 0.295 e. The van der Waals surface area contributed by atoms with Crippen LogP contribution >= 0.6 is 0 Å². The van der Waals surface area contributed by atoms with Crippen LogP contribution in [0.1, 0.15) is 33.9 Å². The summed E-state index contributed by atoms with van der Waals surface area (Å²) in [6, 6.07) is 29.2. The van der Waals surface area contributed by atoms with Gasteiger partial charge in [0.1, 0.15) is 18.1 Å². The number of ether oxygens (including phenoxy) is 3. The fraction of sp³-hybridized carbons (Fsp3) is 0.200. The molecule has 4 aromatic carbocycles. The van der Waals surface area contributed by atoms with Crippen molar-refractivity contribution in [2.75, 3.05) is 20.8 Å². The van der Waals surface area contributed by atoms with Gasteiger partial charge in [0.15, 0.2) is 11.5 Å². The number of amides is 1. The monoisotopic (exact) mass is 563 g/mol. The molecule has 7 nitrogen and oxygen atoms in total. The molecule has 1 aliphatic rings. The molecule has 1 heterocycles. The molecule has 1 N–H and O–H groups in total. The van der Waals surface area contributed by atoms with E-state index in [0.29, 0.717) is 35.8 Å². The first-order chi connectivity index (χ1) is 20.4. The van der Waals surface area contributed by atoms with Gasteiger partial charge in [-0.05, 0) is 65.9 Å². The molecule has 0 bridgehead atoms. The van der Waals surface area contributed by atoms with Crippen LogP contribution in [0.15, 0.2) is 103 Å². The van der Waals surface area contributed by atoms with E-state index in [9.17, 15) is 14.7 Å². The molecule has 0 aromatic heterocycles. The van der Waals surface area contributed by atoms with Crippen LogP contribution in [-0.2, 0) is 22.6 Å². The van der Waals surface area contributed by atoms with Gasteiger partial charge in [0.25, 0.3) is 11.7 Å². The number of aryl methyl sites for hydroxylation is 1. The lowest BCUT2D eigenvalue weighted by Gasteiger charge is -2.25. The van der Waals surface area contributed by atoms with Gasteiger partial charge in [-0.3, -0.25) is 9.59 Å². The molecule has 1 amide bonds. The number of hydrogen-bond donors (Lipinski definition) is 1. The Hall–Kier alpha value is -5.04. The minimum atomic E-state index is -0.736. The number of rotatable bonds is 10. The summed E-state index contributed by atoms with van der Waals surface area (Å²) in [6.45, 7) is 2.56. The quantitative estimate of drug-likeness (QED) is 0.139. The summed E-state index contributed by atoms with van der Waals surface area (Å²) in [5.74, 6) is 0.293. The summed E-state index contributed by atoms with van der Waals surface area (Å²) in [5, 5.41) is 11.5. The zero-order valence-electron chi connectivity index (χ0n) is 23.9.